The lowest BCUT2D eigenvalue weighted by Crippen LogP contribution is -2.52. The van der Waals surface area contributed by atoms with Gasteiger partial charge in [-0.3, -0.25) is 14.5 Å². The number of nitrogens with two attached hydrogens (primary N) is 1. The van der Waals surface area contributed by atoms with Gasteiger partial charge in [0.1, 0.15) is 11.6 Å². The zero-order valence-electron chi connectivity index (χ0n) is 15.1. The van der Waals surface area contributed by atoms with E-state index in [4.69, 9.17) is 5.73 Å². The molecule has 1 aromatic carbocycles. The number of rotatable bonds is 5. The lowest BCUT2D eigenvalue weighted by Gasteiger charge is -2.39. The molecule has 0 spiro atoms. The molecule has 6 nitrogen and oxygen atoms in total. The third kappa shape index (κ3) is 3.71. The van der Waals surface area contributed by atoms with Gasteiger partial charge in [0.25, 0.3) is 0 Å². The van der Waals surface area contributed by atoms with Crippen LogP contribution in [0.4, 0.5) is 14.5 Å². The molecule has 1 amide bonds. The van der Waals surface area contributed by atoms with Crippen LogP contribution in [0.5, 0.6) is 0 Å². The van der Waals surface area contributed by atoms with Gasteiger partial charge in [0, 0.05) is 49.6 Å². The molecule has 0 atom stereocenters. The Hall–Kier alpha value is -3.29. The van der Waals surface area contributed by atoms with E-state index in [0.29, 0.717) is 36.1 Å². The quantitative estimate of drug-likeness (QED) is 0.734. The normalized spacial score (nSPS) is 14.1. The zero-order valence-corrected chi connectivity index (χ0v) is 15.1. The fourth-order valence-electron chi connectivity index (χ4n) is 3.32. The molecule has 8 heteroatoms. The van der Waals surface area contributed by atoms with E-state index >= 15 is 0 Å². The van der Waals surface area contributed by atoms with Crippen molar-refractivity contribution in [2.45, 2.75) is 13.0 Å². The van der Waals surface area contributed by atoms with Crippen molar-refractivity contribution in [3.8, 4) is 11.3 Å². The van der Waals surface area contributed by atoms with Crippen molar-refractivity contribution >= 4 is 11.6 Å². The van der Waals surface area contributed by atoms with Crippen molar-refractivity contribution in [3.05, 3.63) is 66.1 Å². The van der Waals surface area contributed by atoms with Crippen molar-refractivity contribution in [2.75, 3.05) is 18.8 Å². The highest BCUT2D eigenvalue weighted by Crippen LogP contribution is 2.25. The van der Waals surface area contributed by atoms with E-state index in [1.54, 1.807) is 23.2 Å². The number of hydrogen-bond donors (Lipinski definition) is 1. The highest BCUT2D eigenvalue weighted by molar-refractivity contribution is 5.81. The summed E-state index contributed by atoms with van der Waals surface area (Å²) in [5, 5.41) is 4.17. The maximum Gasteiger partial charge on any atom is 0.228 e. The topological polar surface area (TPSA) is 77.0 Å². The van der Waals surface area contributed by atoms with Crippen LogP contribution in [0, 0.1) is 17.6 Å². The van der Waals surface area contributed by atoms with Gasteiger partial charge in [-0.15, -0.1) is 0 Å². The summed E-state index contributed by atoms with van der Waals surface area (Å²) in [5.74, 6) is -1.07. The molecule has 1 fully saturated rings. The number of nitrogens with zero attached hydrogens (tertiary/aromatic N) is 4. The van der Waals surface area contributed by atoms with Crippen molar-refractivity contribution in [1.29, 1.82) is 0 Å². The Morgan fingerprint density at radius 1 is 1.21 bits per heavy atom. The Morgan fingerprint density at radius 3 is 2.75 bits per heavy atom. The van der Waals surface area contributed by atoms with Crippen LogP contribution < -0.4 is 5.73 Å². The first-order valence-corrected chi connectivity index (χ1v) is 8.95. The molecular weight excluding hydrogens is 364 g/mol. The maximum atomic E-state index is 14.0. The predicted octanol–water partition coefficient (Wildman–Crippen LogP) is 2.51. The summed E-state index contributed by atoms with van der Waals surface area (Å²) in [5.41, 5.74) is 7.20. The Morgan fingerprint density at radius 2 is 2.04 bits per heavy atom. The summed E-state index contributed by atoms with van der Waals surface area (Å²) in [4.78, 5) is 18.6. The van der Waals surface area contributed by atoms with E-state index in [1.165, 1.54) is 12.1 Å². The number of benzene rings is 1. The molecule has 2 N–H and O–H groups in total. The first-order valence-electron chi connectivity index (χ1n) is 8.95. The molecule has 1 aliphatic heterocycles. The minimum Gasteiger partial charge on any atom is -0.397 e. The number of carbonyl (C=O) groups excluding carboxylic acids is 1. The van der Waals surface area contributed by atoms with Crippen LogP contribution >= 0.6 is 0 Å². The Labute approximate surface area is 160 Å². The van der Waals surface area contributed by atoms with E-state index < -0.39 is 11.6 Å². The Kier molecular flexibility index (Phi) is 4.77. The number of aromatic nitrogens is 3. The van der Waals surface area contributed by atoms with Crippen LogP contribution in [0.1, 0.15) is 5.69 Å². The largest absolute Gasteiger partial charge is 0.397 e. The second-order valence-corrected chi connectivity index (χ2v) is 6.93. The van der Waals surface area contributed by atoms with Gasteiger partial charge in [0.2, 0.25) is 5.91 Å². The number of anilines is 1. The monoisotopic (exact) mass is 383 g/mol. The van der Waals surface area contributed by atoms with E-state index in [-0.39, 0.29) is 17.9 Å². The lowest BCUT2D eigenvalue weighted by molar-refractivity contribution is -0.137. The van der Waals surface area contributed by atoms with Gasteiger partial charge >= 0.3 is 0 Å². The summed E-state index contributed by atoms with van der Waals surface area (Å²) in [6.45, 7) is 2.09. The number of halogens is 2. The fraction of sp³-hybridized carbons (Fsp3) is 0.250. The van der Waals surface area contributed by atoms with E-state index in [0.717, 1.165) is 12.6 Å². The summed E-state index contributed by atoms with van der Waals surface area (Å²) in [6, 6.07) is 8.31. The minimum absolute atomic E-state index is 0.0387. The van der Waals surface area contributed by atoms with Gasteiger partial charge in [0.05, 0.1) is 23.5 Å². The minimum atomic E-state index is -0.709. The van der Waals surface area contributed by atoms with Crippen LogP contribution in [-0.2, 0) is 17.8 Å². The number of carbonyl (C=O) groups is 1. The molecule has 1 aliphatic rings. The number of pyridine rings is 1. The maximum absolute atomic E-state index is 14.0. The number of nitrogen functional groups attached to an aromatic ring is 1. The molecule has 1 saturated heterocycles. The van der Waals surface area contributed by atoms with Crippen LogP contribution in [0.25, 0.3) is 11.3 Å². The molecule has 144 valence electrons. The number of hydrogen-bond acceptors (Lipinski definition) is 4. The molecule has 4 rings (SSSR count). The molecule has 0 aliphatic carbocycles. The zero-order chi connectivity index (χ0) is 19.7. The van der Waals surface area contributed by atoms with Crippen molar-refractivity contribution in [3.63, 3.8) is 0 Å². The molecule has 0 radical (unpaired) electrons. The van der Waals surface area contributed by atoms with Gasteiger partial charge in [-0.1, -0.05) is 0 Å². The molecule has 3 aromatic rings. The highest BCUT2D eigenvalue weighted by atomic mass is 19.1. The molecule has 28 heavy (non-hydrogen) atoms. The van der Waals surface area contributed by atoms with E-state index in [1.807, 2.05) is 16.9 Å². The highest BCUT2D eigenvalue weighted by Gasteiger charge is 2.31. The van der Waals surface area contributed by atoms with Gasteiger partial charge < -0.3 is 10.6 Å². The summed E-state index contributed by atoms with van der Waals surface area (Å²) >= 11 is 0. The van der Waals surface area contributed by atoms with Crippen molar-refractivity contribution in [2.24, 2.45) is 5.92 Å². The Bertz CT molecular complexity index is 1000. The molecule has 0 saturated carbocycles. The van der Waals surface area contributed by atoms with Crippen LogP contribution in [0.2, 0.25) is 0 Å². The molecular formula is C20H19F2N5O. The van der Waals surface area contributed by atoms with Crippen molar-refractivity contribution in [1.82, 2.24) is 19.7 Å². The third-order valence-electron chi connectivity index (χ3n) is 4.85. The molecule has 0 unspecified atom stereocenters. The summed E-state index contributed by atoms with van der Waals surface area (Å²) in [7, 11) is 0. The van der Waals surface area contributed by atoms with Crippen LogP contribution in [-0.4, -0.2) is 38.7 Å². The second kappa shape index (κ2) is 7.38. The fourth-order valence-corrected chi connectivity index (χ4v) is 3.32. The van der Waals surface area contributed by atoms with Gasteiger partial charge in [0.15, 0.2) is 0 Å². The molecule has 0 bridgehead atoms. The van der Waals surface area contributed by atoms with Gasteiger partial charge in [-0.05, 0) is 30.3 Å². The SMILES string of the molecule is Nc1ccc(-c2ccc(F)cc2F)nc1CC(=O)N1CC(Cn2cccn2)C1. The lowest BCUT2D eigenvalue weighted by atomic mass is 9.99. The summed E-state index contributed by atoms with van der Waals surface area (Å²) in [6.07, 6.45) is 3.67. The van der Waals surface area contributed by atoms with Crippen LogP contribution in [0.3, 0.4) is 0 Å². The standard InChI is InChI=1S/C20H19F2N5O/c21-14-2-3-15(16(22)8-14)18-5-4-17(23)19(25-18)9-20(28)26-10-13(11-26)12-27-7-1-6-24-27/h1-8,13H,9-12,23H2. The molecule has 2 aromatic heterocycles. The number of likely N-dealkylation sites (tertiary alicyclic amines) is 1. The Balaban J connectivity index is 1.42. The smallest absolute Gasteiger partial charge is 0.228 e. The van der Waals surface area contributed by atoms with Gasteiger partial charge in [-0.25, -0.2) is 8.78 Å². The number of amides is 1. The first kappa shape index (κ1) is 18.1. The average Bonchev–Trinajstić information content (AvgIpc) is 3.13. The second-order valence-electron chi connectivity index (χ2n) is 6.93. The third-order valence-corrected chi connectivity index (χ3v) is 4.85. The van der Waals surface area contributed by atoms with E-state index in [2.05, 4.69) is 10.1 Å². The average molecular weight is 383 g/mol. The molecule has 3 heterocycles. The van der Waals surface area contributed by atoms with Gasteiger partial charge in [-0.2, -0.15) is 5.10 Å². The predicted molar refractivity (Wildman–Crippen MR) is 100 cm³/mol. The van der Waals surface area contributed by atoms with Crippen LogP contribution in [0.15, 0.2) is 48.8 Å². The van der Waals surface area contributed by atoms with Crippen molar-refractivity contribution < 1.29 is 13.6 Å². The summed E-state index contributed by atoms with van der Waals surface area (Å²) < 4.78 is 29.0. The van der Waals surface area contributed by atoms with E-state index in [9.17, 15) is 13.6 Å². The first-order chi connectivity index (χ1) is 13.5.